The van der Waals surface area contributed by atoms with E-state index in [1.807, 2.05) is 13.8 Å². The Morgan fingerprint density at radius 2 is 1.94 bits per heavy atom. The third kappa shape index (κ3) is 3.66. The predicted octanol–water partition coefficient (Wildman–Crippen LogP) is 0.603. The molecule has 16 heavy (non-hydrogen) atoms. The molecule has 5 heteroatoms. The lowest BCUT2D eigenvalue weighted by Crippen LogP contribution is -2.55. The minimum Gasteiger partial charge on any atom is -0.480 e. The minimum atomic E-state index is -1.05. The van der Waals surface area contributed by atoms with Gasteiger partial charge in [-0.05, 0) is 12.8 Å². The zero-order valence-electron chi connectivity index (χ0n) is 9.90. The van der Waals surface area contributed by atoms with Gasteiger partial charge in [-0.1, -0.05) is 19.9 Å². The van der Waals surface area contributed by atoms with E-state index >= 15 is 0 Å². The normalized spacial score (nSPS) is 10.9. The van der Waals surface area contributed by atoms with E-state index in [1.54, 1.807) is 0 Å². The molecule has 0 unspecified atom stereocenters. The zero-order chi connectivity index (χ0) is 12.8. The summed E-state index contributed by atoms with van der Waals surface area (Å²) in [4.78, 5) is 23.9. The van der Waals surface area contributed by atoms with Gasteiger partial charge >= 0.3 is 5.97 Å². The maximum atomic E-state index is 12.0. The number of hydrogen-bond donors (Lipinski definition) is 2. The van der Waals surface area contributed by atoms with Crippen molar-refractivity contribution in [3.8, 4) is 0 Å². The lowest BCUT2D eigenvalue weighted by Gasteiger charge is -2.31. The van der Waals surface area contributed by atoms with Gasteiger partial charge in [-0.25, -0.2) is 0 Å². The summed E-state index contributed by atoms with van der Waals surface area (Å²) in [5.74, 6) is -1.38. The molecule has 5 nitrogen and oxygen atoms in total. The van der Waals surface area contributed by atoms with Crippen LogP contribution < -0.4 is 5.73 Å². The van der Waals surface area contributed by atoms with E-state index < -0.39 is 11.5 Å². The molecule has 0 bridgehead atoms. The maximum Gasteiger partial charge on any atom is 0.323 e. The fraction of sp³-hybridized carbons (Fsp3) is 0.636. The second-order valence-corrected chi connectivity index (χ2v) is 3.73. The van der Waals surface area contributed by atoms with E-state index in [0.717, 1.165) is 0 Å². The van der Waals surface area contributed by atoms with Crippen LogP contribution in [0.3, 0.4) is 0 Å². The third-order valence-corrected chi connectivity index (χ3v) is 2.65. The van der Waals surface area contributed by atoms with Gasteiger partial charge in [0.05, 0.1) is 5.54 Å². The molecule has 0 aliphatic rings. The first kappa shape index (κ1) is 14.6. The second-order valence-electron chi connectivity index (χ2n) is 3.73. The summed E-state index contributed by atoms with van der Waals surface area (Å²) in [7, 11) is 0. The van der Waals surface area contributed by atoms with Crippen molar-refractivity contribution in [3.05, 3.63) is 12.7 Å². The molecule has 0 aromatic heterocycles. The molecule has 0 aliphatic carbocycles. The summed E-state index contributed by atoms with van der Waals surface area (Å²) < 4.78 is 0. The van der Waals surface area contributed by atoms with E-state index in [4.69, 9.17) is 10.8 Å². The fourth-order valence-electron chi connectivity index (χ4n) is 1.41. The van der Waals surface area contributed by atoms with Crippen LogP contribution in [0.2, 0.25) is 0 Å². The lowest BCUT2D eigenvalue weighted by molar-refractivity contribution is -0.146. The molecule has 0 radical (unpaired) electrons. The first-order valence-corrected chi connectivity index (χ1v) is 5.32. The minimum absolute atomic E-state index is 0.198. The fourth-order valence-corrected chi connectivity index (χ4v) is 1.41. The number of nitrogens with two attached hydrogens (primary N) is 1. The molecule has 92 valence electrons. The number of rotatable bonds is 7. The molecule has 0 heterocycles. The summed E-state index contributed by atoms with van der Waals surface area (Å²) in [6, 6.07) is 0. The SMILES string of the molecule is C=CCN(CC(=O)O)C(=O)C(N)(CC)CC. The summed E-state index contributed by atoms with van der Waals surface area (Å²) in [6.07, 6.45) is 2.46. The number of nitrogens with zero attached hydrogens (tertiary/aromatic N) is 1. The number of carboxylic acid groups (broad SMARTS) is 1. The van der Waals surface area contributed by atoms with Crippen molar-refractivity contribution in [2.75, 3.05) is 13.1 Å². The van der Waals surface area contributed by atoms with Crippen molar-refractivity contribution >= 4 is 11.9 Å². The molecule has 1 amide bonds. The maximum absolute atomic E-state index is 12.0. The third-order valence-electron chi connectivity index (χ3n) is 2.65. The summed E-state index contributed by atoms with van der Waals surface area (Å²) in [5, 5.41) is 8.70. The van der Waals surface area contributed by atoms with Crippen LogP contribution in [0.1, 0.15) is 26.7 Å². The van der Waals surface area contributed by atoms with Gasteiger partial charge in [0.2, 0.25) is 5.91 Å². The van der Waals surface area contributed by atoms with Crippen molar-refractivity contribution < 1.29 is 14.7 Å². The highest BCUT2D eigenvalue weighted by molar-refractivity contribution is 5.88. The van der Waals surface area contributed by atoms with Crippen LogP contribution >= 0.6 is 0 Å². The van der Waals surface area contributed by atoms with Gasteiger partial charge in [-0.2, -0.15) is 0 Å². The molecular weight excluding hydrogens is 208 g/mol. The molecule has 0 atom stereocenters. The molecule has 0 rings (SSSR count). The van der Waals surface area contributed by atoms with Crippen LogP contribution in [-0.2, 0) is 9.59 Å². The average Bonchev–Trinajstić information content (AvgIpc) is 2.26. The topological polar surface area (TPSA) is 83.6 Å². The van der Waals surface area contributed by atoms with Gasteiger partial charge in [-0.15, -0.1) is 6.58 Å². The van der Waals surface area contributed by atoms with Gasteiger partial charge in [0.15, 0.2) is 0 Å². The van der Waals surface area contributed by atoms with Crippen LogP contribution in [0, 0.1) is 0 Å². The molecule has 0 saturated carbocycles. The van der Waals surface area contributed by atoms with Crippen LogP contribution in [0.25, 0.3) is 0 Å². The first-order chi connectivity index (χ1) is 7.41. The van der Waals surface area contributed by atoms with E-state index in [9.17, 15) is 9.59 Å². The van der Waals surface area contributed by atoms with Gasteiger partial charge in [0.1, 0.15) is 6.54 Å². The molecule has 3 N–H and O–H groups in total. The molecule has 0 spiro atoms. The molecule has 0 aromatic carbocycles. The Bertz CT molecular complexity index is 272. The average molecular weight is 228 g/mol. The van der Waals surface area contributed by atoms with E-state index in [-0.39, 0.29) is 19.0 Å². The summed E-state index contributed by atoms with van der Waals surface area (Å²) in [5.41, 5.74) is 4.95. The number of carbonyl (C=O) groups is 2. The highest BCUT2D eigenvalue weighted by atomic mass is 16.4. The number of hydrogen-bond acceptors (Lipinski definition) is 3. The second kappa shape index (κ2) is 6.27. The smallest absolute Gasteiger partial charge is 0.323 e. The van der Waals surface area contributed by atoms with Crippen molar-refractivity contribution in [1.29, 1.82) is 0 Å². The van der Waals surface area contributed by atoms with Gasteiger partial charge in [0, 0.05) is 6.54 Å². The predicted molar refractivity (Wildman–Crippen MR) is 61.9 cm³/mol. The molecule has 0 saturated heterocycles. The van der Waals surface area contributed by atoms with E-state index in [0.29, 0.717) is 12.8 Å². The Balaban J connectivity index is 4.84. The molecule has 0 aliphatic heterocycles. The Labute approximate surface area is 95.9 Å². The number of aliphatic carboxylic acids is 1. The lowest BCUT2D eigenvalue weighted by atomic mass is 9.92. The van der Waals surface area contributed by atoms with Crippen molar-refractivity contribution in [2.24, 2.45) is 5.73 Å². The first-order valence-electron chi connectivity index (χ1n) is 5.32. The standard InChI is InChI=1S/C11H20N2O3/c1-4-7-13(8-9(14)15)10(16)11(12,5-2)6-3/h4H,1,5-8,12H2,2-3H3,(H,14,15). The number of amides is 1. The molecular formula is C11H20N2O3. The van der Waals surface area contributed by atoms with Crippen molar-refractivity contribution in [2.45, 2.75) is 32.2 Å². The Morgan fingerprint density at radius 1 is 1.44 bits per heavy atom. The Kier molecular flexibility index (Phi) is 5.74. The summed E-state index contributed by atoms with van der Waals surface area (Å²) in [6.45, 7) is 6.98. The quantitative estimate of drug-likeness (QED) is 0.625. The van der Waals surface area contributed by atoms with E-state index in [2.05, 4.69) is 6.58 Å². The van der Waals surface area contributed by atoms with Gasteiger partial charge in [0.25, 0.3) is 0 Å². The molecule has 0 fully saturated rings. The number of carboxylic acids is 1. The van der Waals surface area contributed by atoms with Crippen LogP contribution in [0.4, 0.5) is 0 Å². The highest BCUT2D eigenvalue weighted by Crippen LogP contribution is 2.15. The highest BCUT2D eigenvalue weighted by Gasteiger charge is 2.34. The van der Waals surface area contributed by atoms with Crippen LogP contribution in [0.15, 0.2) is 12.7 Å². The zero-order valence-corrected chi connectivity index (χ0v) is 9.90. The van der Waals surface area contributed by atoms with Crippen molar-refractivity contribution in [3.63, 3.8) is 0 Å². The summed E-state index contributed by atoms with van der Waals surface area (Å²) >= 11 is 0. The van der Waals surface area contributed by atoms with Gasteiger partial charge < -0.3 is 15.7 Å². The van der Waals surface area contributed by atoms with E-state index in [1.165, 1.54) is 11.0 Å². The Morgan fingerprint density at radius 3 is 2.25 bits per heavy atom. The number of carbonyl (C=O) groups excluding carboxylic acids is 1. The van der Waals surface area contributed by atoms with Crippen LogP contribution in [0.5, 0.6) is 0 Å². The monoisotopic (exact) mass is 228 g/mol. The van der Waals surface area contributed by atoms with Crippen LogP contribution in [-0.4, -0.2) is 40.5 Å². The largest absolute Gasteiger partial charge is 0.480 e. The molecule has 0 aromatic rings. The van der Waals surface area contributed by atoms with Crippen molar-refractivity contribution in [1.82, 2.24) is 4.90 Å². The van der Waals surface area contributed by atoms with Gasteiger partial charge in [-0.3, -0.25) is 9.59 Å². The Hall–Kier alpha value is -1.36.